The van der Waals surface area contributed by atoms with Gasteiger partial charge in [0.05, 0.1) is 20.3 Å². The molecule has 0 bridgehead atoms. The zero-order chi connectivity index (χ0) is 29.1. The lowest BCUT2D eigenvalue weighted by Gasteiger charge is -2.27. The van der Waals surface area contributed by atoms with E-state index in [-0.39, 0.29) is 43.0 Å². The van der Waals surface area contributed by atoms with Crippen LogP contribution < -0.4 is 24.6 Å². The maximum Gasteiger partial charge on any atom is 0.401 e. The average Bonchev–Trinajstić information content (AvgIpc) is 3.20. The maximum absolute atomic E-state index is 13.6. The van der Waals surface area contributed by atoms with Crippen molar-refractivity contribution >= 4 is 17.4 Å². The Kier molecular flexibility index (Phi) is 9.10. The molecule has 3 aromatic rings. The van der Waals surface area contributed by atoms with E-state index in [4.69, 9.17) is 19.9 Å². The molecule has 0 aliphatic carbocycles. The molecule has 0 atom stereocenters. The summed E-state index contributed by atoms with van der Waals surface area (Å²) in [6.07, 6.45) is 1.79. The summed E-state index contributed by atoms with van der Waals surface area (Å²) in [6, 6.07) is 5.35. The van der Waals surface area contributed by atoms with Crippen LogP contribution in [0.25, 0.3) is 5.65 Å². The molecule has 0 saturated heterocycles. The summed E-state index contributed by atoms with van der Waals surface area (Å²) < 4.78 is 20.8. The summed E-state index contributed by atoms with van der Waals surface area (Å²) in [5, 5.41) is 18.8. The second kappa shape index (κ2) is 11.8. The fourth-order valence-electron chi connectivity index (χ4n) is 4.13. The van der Waals surface area contributed by atoms with Gasteiger partial charge in [-0.15, -0.1) is 4.68 Å². The van der Waals surface area contributed by atoms with Crippen LogP contribution in [0.1, 0.15) is 82.8 Å². The van der Waals surface area contributed by atoms with E-state index in [1.54, 1.807) is 13.2 Å². The number of fused-ring (bicyclic) bond motifs is 1. The van der Waals surface area contributed by atoms with Crippen molar-refractivity contribution in [3.05, 3.63) is 34.9 Å². The number of aliphatic hydroxyl groups is 1. The Hall–Kier alpha value is -3.40. The second-order valence-corrected chi connectivity index (χ2v) is 11.8. The predicted molar refractivity (Wildman–Crippen MR) is 150 cm³/mol. The molecule has 0 aliphatic rings. The van der Waals surface area contributed by atoms with Gasteiger partial charge in [-0.2, -0.15) is 0 Å². The third kappa shape index (κ3) is 6.79. The lowest BCUT2D eigenvalue weighted by molar-refractivity contribution is -0.723. The van der Waals surface area contributed by atoms with Crippen molar-refractivity contribution in [1.29, 1.82) is 0 Å². The molecule has 10 heteroatoms. The van der Waals surface area contributed by atoms with Gasteiger partial charge in [0, 0.05) is 28.2 Å². The van der Waals surface area contributed by atoms with Gasteiger partial charge in [0.25, 0.3) is 5.65 Å². The van der Waals surface area contributed by atoms with Crippen molar-refractivity contribution < 1.29 is 28.8 Å². The second-order valence-electron chi connectivity index (χ2n) is 11.8. The van der Waals surface area contributed by atoms with Crippen LogP contribution >= 0.6 is 0 Å². The van der Waals surface area contributed by atoms with Crippen molar-refractivity contribution in [2.24, 2.45) is 5.41 Å². The number of ketones is 1. The molecule has 39 heavy (non-hydrogen) atoms. The Bertz CT molecular complexity index is 1320. The lowest BCUT2D eigenvalue weighted by Crippen LogP contribution is -2.42. The molecule has 3 N–H and O–H groups in total. The Balaban J connectivity index is 2.00. The predicted octanol–water partition coefficient (Wildman–Crippen LogP) is 4.06. The lowest BCUT2D eigenvalue weighted by atomic mass is 9.84. The highest BCUT2D eigenvalue weighted by Crippen LogP contribution is 2.40. The van der Waals surface area contributed by atoms with Gasteiger partial charge in [-0.3, -0.25) is 10.5 Å². The number of hydrogen-bond donors (Lipinski definition) is 2. The van der Waals surface area contributed by atoms with Crippen LogP contribution in [0.3, 0.4) is 0 Å². The molecule has 1 aromatic carbocycles. The number of Topliss-reactive ketones (excluding diaryl/α,β-unsaturated/α-hetero) is 1. The van der Waals surface area contributed by atoms with E-state index in [9.17, 15) is 9.90 Å². The van der Waals surface area contributed by atoms with Gasteiger partial charge in [-0.05, 0) is 37.3 Å². The normalized spacial score (nSPS) is 12.3. The number of methoxy groups -OCH3 is 1. The molecule has 0 unspecified atom stereocenters. The molecule has 0 radical (unpaired) electrons. The minimum Gasteiger partial charge on any atom is -0.493 e. The molecular formula is C29H44N5O5+. The number of carbonyl (C=O) groups is 1. The Morgan fingerprint density at radius 3 is 2.38 bits per heavy atom. The molecule has 214 valence electrons. The van der Waals surface area contributed by atoms with E-state index in [0.29, 0.717) is 28.6 Å². The summed E-state index contributed by atoms with van der Waals surface area (Å²) in [6.45, 7) is 16.1. The Morgan fingerprint density at radius 2 is 1.82 bits per heavy atom. The molecule has 2 heterocycles. The molecule has 0 saturated carbocycles. The molecular weight excluding hydrogens is 498 g/mol. The summed E-state index contributed by atoms with van der Waals surface area (Å²) in [5.74, 6) is 1.51. The Labute approximate surface area is 231 Å². The fourth-order valence-corrected chi connectivity index (χ4v) is 4.13. The minimum absolute atomic E-state index is 0.0401. The van der Waals surface area contributed by atoms with Crippen LogP contribution in [0.2, 0.25) is 0 Å². The van der Waals surface area contributed by atoms with Gasteiger partial charge >= 0.3 is 5.95 Å². The number of rotatable bonds is 12. The van der Waals surface area contributed by atoms with Crippen LogP contribution in [0.4, 0.5) is 5.95 Å². The first kappa shape index (κ1) is 30.1. The topological polar surface area (TPSA) is 125 Å². The van der Waals surface area contributed by atoms with Gasteiger partial charge in [-0.1, -0.05) is 63.2 Å². The van der Waals surface area contributed by atoms with Crippen LogP contribution in [-0.2, 0) is 12.0 Å². The quantitative estimate of drug-likeness (QED) is 0.259. The summed E-state index contributed by atoms with van der Waals surface area (Å²) in [5.41, 5.74) is 8.30. The third-order valence-electron chi connectivity index (χ3n) is 6.72. The number of nitrogens with two attached hydrogens (primary N) is 1. The molecule has 2 aromatic heterocycles. The van der Waals surface area contributed by atoms with Gasteiger partial charge < -0.3 is 19.3 Å². The number of ether oxygens (including phenoxy) is 3. The zero-order valence-corrected chi connectivity index (χ0v) is 24.8. The highest BCUT2D eigenvalue weighted by Gasteiger charge is 2.28. The molecule has 0 fully saturated rings. The first-order chi connectivity index (χ1) is 18.2. The van der Waals surface area contributed by atoms with Crippen LogP contribution in [0.15, 0.2) is 18.2 Å². The van der Waals surface area contributed by atoms with Gasteiger partial charge in [0.1, 0.15) is 6.10 Å². The standard InChI is InChI=1S/C29H43N5O5/c1-10-20(11-2)39-24-12-18(3)26-32-33(27(30)34(26)31-24)15-22(36)19-13-21(28(4,5)6)25(37-9)23(14-19)38-17-29(7,8)16-35/h12-14,20,30,35H,10-11,15-17H2,1-9H3/p+1. The summed E-state index contributed by atoms with van der Waals surface area (Å²) in [4.78, 5) is 13.6. The van der Waals surface area contributed by atoms with Gasteiger partial charge in [0.2, 0.25) is 5.88 Å². The van der Waals surface area contributed by atoms with E-state index in [0.717, 1.165) is 24.0 Å². The molecule has 0 amide bonds. The maximum atomic E-state index is 13.6. The van der Waals surface area contributed by atoms with E-state index in [2.05, 4.69) is 24.0 Å². The van der Waals surface area contributed by atoms with Crippen molar-refractivity contribution in [2.45, 2.75) is 86.3 Å². The fraction of sp³-hybridized carbons (Fsp3) is 0.586. The molecule has 3 rings (SSSR count). The molecule has 10 nitrogen and oxygen atoms in total. The van der Waals surface area contributed by atoms with E-state index in [1.165, 1.54) is 9.20 Å². The number of nitrogens with zero attached hydrogens (tertiary/aromatic N) is 4. The first-order valence-electron chi connectivity index (χ1n) is 13.5. The smallest absolute Gasteiger partial charge is 0.401 e. The van der Waals surface area contributed by atoms with E-state index < -0.39 is 5.41 Å². The largest absolute Gasteiger partial charge is 0.493 e. The number of benzene rings is 1. The molecule has 0 aliphatic heterocycles. The summed E-state index contributed by atoms with van der Waals surface area (Å²) >= 11 is 0. The molecule has 0 spiro atoms. The number of hydrogen-bond acceptors (Lipinski definition) is 8. The summed E-state index contributed by atoms with van der Waals surface area (Å²) in [7, 11) is 1.58. The SMILES string of the molecule is CCC(CC)Oc1cc(C)c2n[n+](CC(=O)c3cc(OCC(C)(C)CO)c(OC)c(C(C)(C)C)c3)c(N)n2n1. The van der Waals surface area contributed by atoms with E-state index >= 15 is 0 Å². The first-order valence-corrected chi connectivity index (χ1v) is 13.5. The highest BCUT2D eigenvalue weighted by molar-refractivity contribution is 5.96. The van der Waals surface area contributed by atoms with Crippen molar-refractivity contribution in [3.63, 3.8) is 0 Å². The van der Waals surface area contributed by atoms with Crippen molar-refractivity contribution in [3.8, 4) is 17.4 Å². The number of nitrogen functional groups attached to an aromatic ring is 1. The van der Waals surface area contributed by atoms with E-state index in [1.807, 2.05) is 53.7 Å². The monoisotopic (exact) mass is 542 g/mol. The van der Waals surface area contributed by atoms with Crippen LogP contribution in [0, 0.1) is 12.3 Å². The van der Waals surface area contributed by atoms with Gasteiger partial charge in [-0.25, -0.2) is 0 Å². The number of aromatic nitrogens is 4. The number of aryl methyl sites for hydroxylation is 1. The average molecular weight is 543 g/mol. The number of carbonyl (C=O) groups excluding carboxylic acids is 1. The van der Waals surface area contributed by atoms with Gasteiger partial charge in [0.15, 0.2) is 23.8 Å². The van der Waals surface area contributed by atoms with Crippen LogP contribution in [0.5, 0.6) is 17.4 Å². The minimum atomic E-state index is -0.463. The highest BCUT2D eigenvalue weighted by atomic mass is 16.5. The third-order valence-corrected chi connectivity index (χ3v) is 6.72. The van der Waals surface area contributed by atoms with Crippen LogP contribution in [-0.4, -0.2) is 52.0 Å². The Morgan fingerprint density at radius 1 is 1.15 bits per heavy atom. The van der Waals surface area contributed by atoms with Crippen molar-refractivity contribution in [2.75, 3.05) is 26.1 Å². The number of anilines is 1. The zero-order valence-electron chi connectivity index (χ0n) is 24.8. The van der Waals surface area contributed by atoms with Crippen molar-refractivity contribution in [1.82, 2.24) is 14.7 Å². The number of aliphatic hydroxyl groups excluding tert-OH is 1.